The minimum Gasteiger partial charge on any atom is -0.456 e. The molecule has 0 aromatic rings. The molecule has 0 spiro atoms. The molecular weight excluding hydrogens is 507 g/mol. The van der Waals surface area contributed by atoms with E-state index in [1.54, 1.807) is 0 Å². The quantitative estimate of drug-likeness (QED) is 0.0946. The van der Waals surface area contributed by atoms with Crippen molar-refractivity contribution in [1.82, 2.24) is 0 Å². The standard InChI is InChI=1S/C29H33O8P/c1-3-5-7-9-11-13-15-17-19-21-23-28(30)35-25-27(26-36-38(32,33)34)37-29(31)24-22-20-18-16-14-12-10-8-6-4-2/h1,27H,4,6,8,10,12,14,16,18,20,22,24-26H2,2H3,(H2,32,33,34)/t27-/m1/s1. The SMILES string of the molecule is C#CC#CC#CC#CC#CC#CC(=O)OC[C@H](COP(=O)(O)O)OC(=O)CCCCCCCCCCCC. The lowest BCUT2D eigenvalue weighted by atomic mass is 10.1. The zero-order valence-electron chi connectivity index (χ0n) is 21.6. The molecule has 9 heteroatoms. The summed E-state index contributed by atoms with van der Waals surface area (Å²) < 4.78 is 25.4. The van der Waals surface area contributed by atoms with Gasteiger partial charge in [0.1, 0.15) is 6.61 Å². The molecule has 0 rings (SSSR count). The number of phosphoric ester groups is 1. The van der Waals surface area contributed by atoms with Gasteiger partial charge in [-0.2, -0.15) is 0 Å². The molecule has 0 aliphatic rings. The van der Waals surface area contributed by atoms with Crippen LogP contribution in [-0.2, 0) is 28.2 Å². The topological polar surface area (TPSA) is 119 Å². The van der Waals surface area contributed by atoms with Crippen molar-refractivity contribution in [2.24, 2.45) is 0 Å². The molecule has 38 heavy (non-hydrogen) atoms. The fourth-order valence-electron chi connectivity index (χ4n) is 2.84. The van der Waals surface area contributed by atoms with Crippen LogP contribution in [0.5, 0.6) is 0 Å². The number of hydrogen-bond acceptors (Lipinski definition) is 6. The largest absolute Gasteiger partial charge is 0.469 e. The van der Waals surface area contributed by atoms with Crippen LogP contribution in [0.15, 0.2) is 0 Å². The summed E-state index contributed by atoms with van der Waals surface area (Å²) in [5.74, 6) is 23.7. The predicted molar refractivity (Wildman–Crippen MR) is 143 cm³/mol. The highest BCUT2D eigenvalue weighted by Crippen LogP contribution is 2.35. The highest BCUT2D eigenvalue weighted by Gasteiger charge is 2.22. The molecule has 1 atom stereocenters. The van der Waals surface area contributed by atoms with Crippen molar-refractivity contribution in [3.63, 3.8) is 0 Å². The van der Waals surface area contributed by atoms with Crippen LogP contribution in [0.25, 0.3) is 0 Å². The third-order valence-corrected chi connectivity index (χ3v) is 5.08. The van der Waals surface area contributed by atoms with Gasteiger partial charge < -0.3 is 19.3 Å². The molecule has 0 saturated heterocycles. The van der Waals surface area contributed by atoms with Crippen LogP contribution in [0.2, 0.25) is 0 Å². The van der Waals surface area contributed by atoms with Gasteiger partial charge in [-0.05, 0) is 65.6 Å². The molecule has 0 fully saturated rings. The molecule has 0 aliphatic heterocycles. The Morgan fingerprint density at radius 3 is 1.79 bits per heavy atom. The minimum absolute atomic E-state index is 0.133. The summed E-state index contributed by atoms with van der Waals surface area (Å²) in [6.45, 7) is 1.03. The van der Waals surface area contributed by atoms with Crippen LogP contribution in [0, 0.1) is 71.5 Å². The van der Waals surface area contributed by atoms with Gasteiger partial charge in [-0.3, -0.25) is 9.32 Å². The molecule has 0 bridgehead atoms. The Kier molecular flexibility index (Phi) is 21.5. The van der Waals surface area contributed by atoms with Crippen LogP contribution < -0.4 is 0 Å². The third kappa shape index (κ3) is 25.5. The number of unbranched alkanes of at least 4 members (excludes halogenated alkanes) is 9. The van der Waals surface area contributed by atoms with Gasteiger partial charge in [0.15, 0.2) is 6.10 Å². The molecule has 0 aromatic heterocycles. The maximum Gasteiger partial charge on any atom is 0.469 e. The number of phosphoric acid groups is 1. The molecule has 8 nitrogen and oxygen atoms in total. The first kappa shape index (κ1) is 34.4. The summed E-state index contributed by atoms with van der Waals surface area (Å²) in [7, 11) is -4.81. The Hall–Kier alpha value is -3.59. The first-order valence-electron chi connectivity index (χ1n) is 12.3. The molecule has 0 amide bonds. The van der Waals surface area contributed by atoms with Crippen LogP contribution >= 0.6 is 7.82 Å². The highest BCUT2D eigenvalue weighted by atomic mass is 31.2. The Bertz CT molecular complexity index is 1130. The van der Waals surface area contributed by atoms with E-state index in [1.807, 2.05) is 0 Å². The molecule has 0 saturated carbocycles. The third-order valence-electron chi connectivity index (χ3n) is 4.60. The fourth-order valence-corrected chi connectivity index (χ4v) is 3.20. The summed E-state index contributed by atoms with van der Waals surface area (Å²) in [6.07, 6.45) is 14.9. The zero-order chi connectivity index (χ0) is 28.3. The second kappa shape index (κ2) is 23.8. The number of ether oxygens (including phenoxy) is 2. The van der Waals surface area contributed by atoms with E-state index < -0.39 is 39.1 Å². The Balaban J connectivity index is 4.49. The van der Waals surface area contributed by atoms with Crippen molar-refractivity contribution in [3.8, 4) is 71.5 Å². The lowest BCUT2D eigenvalue weighted by Crippen LogP contribution is -2.29. The molecule has 0 aliphatic carbocycles. The van der Waals surface area contributed by atoms with E-state index in [-0.39, 0.29) is 6.42 Å². The van der Waals surface area contributed by atoms with Gasteiger partial charge in [-0.25, -0.2) is 9.36 Å². The van der Waals surface area contributed by atoms with Crippen LogP contribution in [0.3, 0.4) is 0 Å². The number of esters is 2. The summed E-state index contributed by atoms with van der Waals surface area (Å²) >= 11 is 0. The first-order chi connectivity index (χ1) is 18.3. The number of carbonyl (C=O) groups is 2. The maximum atomic E-state index is 12.1. The lowest BCUT2D eigenvalue weighted by molar-refractivity contribution is -0.158. The fraction of sp³-hybridized carbons (Fsp3) is 0.517. The monoisotopic (exact) mass is 540 g/mol. The van der Waals surface area contributed by atoms with Gasteiger partial charge in [-0.15, -0.1) is 6.42 Å². The highest BCUT2D eigenvalue weighted by molar-refractivity contribution is 7.46. The Morgan fingerprint density at radius 1 is 0.763 bits per heavy atom. The molecule has 0 unspecified atom stereocenters. The van der Waals surface area contributed by atoms with Crippen molar-refractivity contribution >= 4 is 19.8 Å². The molecule has 0 radical (unpaired) electrons. The summed E-state index contributed by atoms with van der Waals surface area (Å²) in [6, 6.07) is 0. The summed E-state index contributed by atoms with van der Waals surface area (Å²) in [4.78, 5) is 41.7. The van der Waals surface area contributed by atoms with Crippen molar-refractivity contribution in [1.29, 1.82) is 0 Å². The Labute approximate surface area is 226 Å². The van der Waals surface area contributed by atoms with Crippen LogP contribution in [0.4, 0.5) is 0 Å². The predicted octanol–water partition coefficient (Wildman–Crippen LogP) is 3.51. The van der Waals surface area contributed by atoms with Gasteiger partial charge >= 0.3 is 19.8 Å². The van der Waals surface area contributed by atoms with Gasteiger partial charge in [0.25, 0.3) is 0 Å². The normalized spacial score (nSPS) is 10.1. The van der Waals surface area contributed by atoms with E-state index in [0.717, 1.165) is 19.3 Å². The van der Waals surface area contributed by atoms with E-state index in [9.17, 15) is 14.2 Å². The van der Waals surface area contributed by atoms with Crippen molar-refractivity contribution in [3.05, 3.63) is 0 Å². The van der Waals surface area contributed by atoms with Crippen LogP contribution in [0.1, 0.15) is 77.6 Å². The average Bonchev–Trinajstić information content (AvgIpc) is 2.87. The molecular formula is C29H33O8P. The van der Waals surface area contributed by atoms with E-state index in [4.69, 9.17) is 25.7 Å². The molecule has 202 valence electrons. The summed E-state index contributed by atoms with van der Waals surface area (Å²) in [5.41, 5.74) is 0. The van der Waals surface area contributed by atoms with E-state index in [1.165, 1.54) is 38.5 Å². The number of rotatable bonds is 17. The first-order valence-corrected chi connectivity index (χ1v) is 13.8. The Morgan fingerprint density at radius 2 is 1.26 bits per heavy atom. The van der Waals surface area contributed by atoms with Gasteiger partial charge in [0.05, 0.1) is 6.61 Å². The number of carbonyl (C=O) groups excluding carboxylic acids is 2. The van der Waals surface area contributed by atoms with E-state index in [0.29, 0.717) is 6.42 Å². The van der Waals surface area contributed by atoms with Crippen molar-refractivity contribution in [2.75, 3.05) is 13.2 Å². The van der Waals surface area contributed by atoms with Crippen LogP contribution in [-0.4, -0.2) is 41.0 Å². The van der Waals surface area contributed by atoms with Gasteiger partial charge in [0, 0.05) is 12.3 Å². The molecule has 2 N–H and O–H groups in total. The lowest BCUT2D eigenvalue weighted by Gasteiger charge is -2.17. The number of hydrogen-bond donors (Lipinski definition) is 2. The van der Waals surface area contributed by atoms with Gasteiger partial charge in [-0.1, -0.05) is 64.7 Å². The molecule has 0 heterocycles. The summed E-state index contributed by atoms with van der Waals surface area (Å²) in [5, 5.41) is 0. The zero-order valence-corrected chi connectivity index (χ0v) is 22.5. The average molecular weight is 541 g/mol. The van der Waals surface area contributed by atoms with Crippen molar-refractivity contribution in [2.45, 2.75) is 83.7 Å². The smallest absolute Gasteiger partial charge is 0.456 e. The van der Waals surface area contributed by atoms with Crippen molar-refractivity contribution < 1.29 is 37.9 Å². The van der Waals surface area contributed by atoms with E-state index in [2.05, 4.69) is 76.6 Å². The number of terminal acetylenes is 1. The minimum atomic E-state index is -4.81. The second-order valence-electron chi connectivity index (χ2n) is 7.82. The molecule has 0 aromatic carbocycles. The maximum absolute atomic E-state index is 12.1. The van der Waals surface area contributed by atoms with Gasteiger partial charge in [0.2, 0.25) is 0 Å². The van der Waals surface area contributed by atoms with E-state index >= 15 is 0 Å². The second-order valence-corrected chi connectivity index (χ2v) is 9.06.